The van der Waals surface area contributed by atoms with Crippen molar-refractivity contribution in [3.8, 4) is 0 Å². The summed E-state index contributed by atoms with van der Waals surface area (Å²) in [5.74, 6) is -0.619. The van der Waals surface area contributed by atoms with Crippen molar-refractivity contribution in [2.75, 3.05) is 39.3 Å². The quantitative estimate of drug-likeness (QED) is 0.709. The van der Waals surface area contributed by atoms with E-state index in [1.54, 1.807) is 0 Å². The highest BCUT2D eigenvalue weighted by atomic mass is 35.5. The van der Waals surface area contributed by atoms with Gasteiger partial charge in [-0.15, -0.1) is 12.4 Å². The average Bonchev–Trinajstić information content (AvgIpc) is 3.29. The minimum Gasteiger partial charge on any atom is -0.337 e. The van der Waals surface area contributed by atoms with E-state index in [-0.39, 0.29) is 42.5 Å². The van der Waals surface area contributed by atoms with E-state index < -0.39 is 0 Å². The SMILES string of the molecule is Cl.O=C1CC(Cc2ccc(C(=O)N3CCC(N4CCNCC4)C3)cc2)C(=O)N1. The summed E-state index contributed by atoms with van der Waals surface area (Å²) in [5, 5.41) is 5.71. The molecule has 2 N–H and O–H groups in total. The molecule has 7 nitrogen and oxygen atoms in total. The number of nitrogens with one attached hydrogen (secondary N) is 2. The number of amides is 3. The molecule has 2 unspecified atom stereocenters. The Balaban J connectivity index is 0.00000225. The van der Waals surface area contributed by atoms with Gasteiger partial charge in [-0.3, -0.25) is 24.6 Å². The van der Waals surface area contributed by atoms with Crippen LogP contribution in [-0.2, 0) is 16.0 Å². The third-order valence-electron chi connectivity index (χ3n) is 5.87. The van der Waals surface area contributed by atoms with Gasteiger partial charge >= 0.3 is 0 Å². The van der Waals surface area contributed by atoms with E-state index in [0.717, 1.165) is 51.3 Å². The van der Waals surface area contributed by atoms with Gasteiger partial charge in [-0.25, -0.2) is 0 Å². The van der Waals surface area contributed by atoms with E-state index in [1.807, 2.05) is 29.2 Å². The fourth-order valence-corrected chi connectivity index (χ4v) is 4.29. The third kappa shape index (κ3) is 4.54. The van der Waals surface area contributed by atoms with Crippen LogP contribution in [0.25, 0.3) is 0 Å². The lowest BCUT2D eigenvalue weighted by Gasteiger charge is -2.32. The largest absolute Gasteiger partial charge is 0.337 e. The lowest BCUT2D eigenvalue weighted by Crippen LogP contribution is -2.49. The van der Waals surface area contributed by atoms with Gasteiger partial charge in [0.15, 0.2) is 0 Å². The Hall–Kier alpha value is -1.96. The second-order valence-electron chi connectivity index (χ2n) is 7.69. The smallest absolute Gasteiger partial charge is 0.253 e. The highest BCUT2D eigenvalue weighted by molar-refractivity contribution is 6.03. The minimum absolute atomic E-state index is 0. The zero-order valence-electron chi connectivity index (χ0n) is 15.9. The maximum Gasteiger partial charge on any atom is 0.253 e. The number of halogens is 1. The summed E-state index contributed by atoms with van der Waals surface area (Å²) in [5.41, 5.74) is 1.66. The van der Waals surface area contributed by atoms with Crippen LogP contribution in [-0.4, -0.2) is 72.8 Å². The number of carbonyl (C=O) groups excluding carboxylic acids is 3. The summed E-state index contributed by atoms with van der Waals surface area (Å²) in [4.78, 5) is 40.2. The topological polar surface area (TPSA) is 81.8 Å². The second kappa shape index (κ2) is 9.03. The van der Waals surface area contributed by atoms with Gasteiger partial charge in [0.25, 0.3) is 5.91 Å². The van der Waals surface area contributed by atoms with Crippen molar-refractivity contribution in [3.63, 3.8) is 0 Å². The van der Waals surface area contributed by atoms with Crippen molar-refractivity contribution in [1.29, 1.82) is 0 Å². The number of rotatable bonds is 4. The highest BCUT2D eigenvalue weighted by Gasteiger charge is 2.32. The molecule has 3 saturated heterocycles. The Morgan fingerprint density at radius 2 is 1.79 bits per heavy atom. The first-order valence-electron chi connectivity index (χ1n) is 9.77. The lowest BCUT2D eigenvalue weighted by atomic mass is 9.97. The maximum absolute atomic E-state index is 12.8. The van der Waals surface area contributed by atoms with E-state index in [4.69, 9.17) is 0 Å². The Kier molecular flexibility index (Phi) is 6.69. The van der Waals surface area contributed by atoms with Gasteiger partial charge in [-0.1, -0.05) is 12.1 Å². The molecule has 0 bridgehead atoms. The third-order valence-corrected chi connectivity index (χ3v) is 5.87. The number of piperazine rings is 1. The van der Waals surface area contributed by atoms with E-state index in [0.29, 0.717) is 18.0 Å². The van der Waals surface area contributed by atoms with Crippen LogP contribution in [0.1, 0.15) is 28.8 Å². The van der Waals surface area contributed by atoms with Crippen LogP contribution in [0.2, 0.25) is 0 Å². The first kappa shape index (κ1) is 20.8. The summed E-state index contributed by atoms with van der Waals surface area (Å²) in [6.45, 7) is 5.76. The molecule has 3 aliphatic heterocycles. The Bertz CT molecular complexity index is 733. The molecule has 8 heteroatoms. The zero-order valence-corrected chi connectivity index (χ0v) is 16.7. The van der Waals surface area contributed by atoms with Crippen LogP contribution >= 0.6 is 12.4 Å². The molecule has 152 valence electrons. The van der Waals surface area contributed by atoms with Crippen molar-refractivity contribution in [2.45, 2.75) is 25.3 Å². The van der Waals surface area contributed by atoms with Crippen LogP contribution < -0.4 is 10.6 Å². The number of nitrogens with zero attached hydrogens (tertiary/aromatic N) is 2. The molecule has 28 heavy (non-hydrogen) atoms. The highest BCUT2D eigenvalue weighted by Crippen LogP contribution is 2.21. The van der Waals surface area contributed by atoms with Crippen LogP contribution in [0.3, 0.4) is 0 Å². The fourth-order valence-electron chi connectivity index (χ4n) is 4.29. The normalized spacial score (nSPS) is 25.5. The summed E-state index contributed by atoms with van der Waals surface area (Å²) < 4.78 is 0. The fraction of sp³-hybridized carbons (Fsp3) is 0.550. The standard InChI is InChI=1S/C20H26N4O3.ClH/c25-18-12-16(19(26)22-18)11-14-1-3-15(4-2-14)20(27)24-8-5-17(13-24)23-9-6-21-7-10-23;/h1-4,16-17,21H,5-13H2,(H,22,25,26);1H. The van der Waals surface area contributed by atoms with Crippen molar-refractivity contribution in [2.24, 2.45) is 5.92 Å². The van der Waals surface area contributed by atoms with Crippen molar-refractivity contribution in [3.05, 3.63) is 35.4 Å². The summed E-state index contributed by atoms with van der Waals surface area (Å²) >= 11 is 0. The monoisotopic (exact) mass is 406 g/mol. The van der Waals surface area contributed by atoms with Gasteiger partial charge in [0, 0.05) is 57.3 Å². The van der Waals surface area contributed by atoms with Crippen molar-refractivity contribution in [1.82, 2.24) is 20.4 Å². The van der Waals surface area contributed by atoms with Crippen molar-refractivity contribution < 1.29 is 14.4 Å². The number of benzene rings is 1. The van der Waals surface area contributed by atoms with Gasteiger partial charge in [0.05, 0.1) is 5.92 Å². The van der Waals surface area contributed by atoms with Crippen molar-refractivity contribution >= 4 is 30.1 Å². The number of likely N-dealkylation sites (tertiary alicyclic amines) is 1. The molecule has 3 aliphatic rings. The number of imide groups is 1. The molecule has 2 atom stereocenters. The van der Waals surface area contributed by atoms with Crippen LogP contribution in [0.4, 0.5) is 0 Å². The summed E-state index contributed by atoms with van der Waals surface area (Å²) in [6, 6.07) is 7.93. The van der Waals surface area contributed by atoms with Crippen LogP contribution in [0.15, 0.2) is 24.3 Å². The van der Waals surface area contributed by atoms with E-state index in [9.17, 15) is 14.4 Å². The predicted octanol–water partition coefficient (Wildman–Crippen LogP) is 0.433. The first-order chi connectivity index (χ1) is 13.1. The van der Waals surface area contributed by atoms with Gasteiger partial charge < -0.3 is 10.2 Å². The minimum atomic E-state index is -0.294. The van der Waals surface area contributed by atoms with Crippen LogP contribution in [0.5, 0.6) is 0 Å². The molecule has 3 heterocycles. The number of carbonyl (C=O) groups is 3. The number of hydrogen-bond donors (Lipinski definition) is 2. The van der Waals surface area contributed by atoms with E-state index in [2.05, 4.69) is 15.5 Å². The summed E-state index contributed by atoms with van der Waals surface area (Å²) in [6.07, 6.45) is 1.82. The first-order valence-corrected chi connectivity index (χ1v) is 9.77. The average molecular weight is 407 g/mol. The molecule has 0 spiro atoms. The Morgan fingerprint density at radius 1 is 1.07 bits per heavy atom. The molecular weight excluding hydrogens is 380 g/mol. The van der Waals surface area contributed by atoms with Gasteiger partial charge in [0.1, 0.15) is 0 Å². The van der Waals surface area contributed by atoms with Gasteiger partial charge in [-0.05, 0) is 30.5 Å². The number of hydrogen-bond acceptors (Lipinski definition) is 5. The molecule has 3 fully saturated rings. The van der Waals surface area contributed by atoms with Gasteiger partial charge in [0.2, 0.25) is 11.8 Å². The zero-order chi connectivity index (χ0) is 18.8. The molecular formula is C20H27ClN4O3. The molecule has 0 radical (unpaired) electrons. The van der Waals surface area contributed by atoms with E-state index >= 15 is 0 Å². The molecule has 3 amide bonds. The van der Waals surface area contributed by atoms with Crippen LogP contribution in [0, 0.1) is 5.92 Å². The maximum atomic E-state index is 12.8. The predicted molar refractivity (Wildman–Crippen MR) is 107 cm³/mol. The van der Waals surface area contributed by atoms with Gasteiger partial charge in [-0.2, -0.15) is 0 Å². The Labute approximate surface area is 171 Å². The molecule has 0 saturated carbocycles. The molecule has 1 aromatic carbocycles. The molecule has 4 rings (SSSR count). The molecule has 0 aromatic heterocycles. The second-order valence-corrected chi connectivity index (χ2v) is 7.69. The summed E-state index contributed by atoms with van der Waals surface area (Å²) in [7, 11) is 0. The molecule has 1 aromatic rings. The van der Waals surface area contributed by atoms with E-state index in [1.165, 1.54) is 0 Å². The Morgan fingerprint density at radius 3 is 2.43 bits per heavy atom. The molecule has 0 aliphatic carbocycles. The lowest BCUT2D eigenvalue weighted by molar-refractivity contribution is -0.125.